The van der Waals surface area contributed by atoms with Crippen molar-refractivity contribution in [3.05, 3.63) is 17.5 Å². The van der Waals surface area contributed by atoms with Crippen LogP contribution in [0, 0.1) is 5.41 Å². The second-order valence-electron chi connectivity index (χ2n) is 6.78. The molecule has 1 N–H and O–H groups in total. The van der Waals surface area contributed by atoms with Crippen LogP contribution in [-0.2, 0) is 21.4 Å². The van der Waals surface area contributed by atoms with Gasteiger partial charge in [0.1, 0.15) is 5.76 Å². The molecule has 0 saturated carbocycles. The fourth-order valence-corrected chi connectivity index (χ4v) is 4.15. The average Bonchev–Trinajstić information content (AvgIpc) is 3.15. The minimum Gasteiger partial charge on any atom is -0.361 e. The van der Waals surface area contributed by atoms with Gasteiger partial charge in [-0.1, -0.05) is 19.0 Å². The zero-order chi connectivity index (χ0) is 18.1. The summed E-state index contributed by atoms with van der Waals surface area (Å²) in [7, 11) is 0.987. The summed E-state index contributed by atoms with van der Waals surface area (Å²) >= 11 is 0. The molecule has 1 aromatic heterocycles. The third-order valence-corrected chi connectivity index (χ3v) is 6.38. The number of aromatic nitrogens is 1. The molecule has 136 valence electrons. The van der Waals surface area contributed by atoms with E-state index in [1.807, 2.05) is 19.9 Å². The van der Waals surface area contributed by atoms with Gasteiger partial charge in [-0.2, -0.15) is 17.0 Å². The van der Waals surface area contributed by atoms with Crippen LogP contribution in [-0.4, -0.2) is 62.3 Å². The summed E-state index contributed by atoms with van der Waals surface area (Å²) in [5, 5.41) is 6.69. The van der Waals surface area contributed by atoms with Crippen molar-refractivity contribution in [3.63, 3.8) is 0 Å². The summed E-state index contributed by atoms with van der Waals surface area (Å²) < 4.78 is 32.6. The molecular formula is C15H26N4O4S. The molecule has 1 aliphatic rings. The van der Waals surface area contributed by atoms with Gasteiger partial charge in [0.25, 0.3) is 10.2 Å². The van der Waals surface area contributed by atoms with E-state index in [4.69, 9.17) is 4.52 Å². The molecule has 1 unspecified atom stereocenters. The zero-order valence-electron chi connectivity index (χ0n) is 14.9. The molecule has 2 heterocycles. The molecule has 1 aromatic rings. The summed E-state index contributed by atoms with van der Waals surface area (Å²) in [6, 6.07) is 1.85. The van der Waals surface area contributed by atoms with E-state index in [9.17, 15) is 13.2 Å². The van der Waals surface area contributed by atoms with Crippen molar-refractivity contribution < 1.29 is 17.7 Å². The third-order valence-electron chi connectivity index (χ3n) is 4.50. The van der Waals surface area contributed by atoms with Crippen molar-refractivity contribution in [2.24, 2.45) is 5.41 Å². The van der Waals surface area contributed by atoms with Crippen LogP contribution in [0.15, 0.2) is 10.6 Å². The molecule has 0 aliphatic carbocycles. The fraction of sp³-hybridized carbons (Fsp3) is 0.733. The van der Waals surface area contributed by atoms with Crippen LogP contribution in [0.4, 0.5) is 0 Å². The molecule has 0 bridgehead atoms. The first-order chi connectivity index (χ1) is 11.1. The van der Waals surface area contributed by atoms with E-state index in [0.717, 1.165) is 10.00 Å². The Balaban J connectivity index is 2.27. The lowest BCUT2D eigenvalue weighted by atomic mass is 9.81. The van der Waals surface area contributed by atoms with Gasteiger partial charge in [0.15, 0.2) is 0 Å². The van der Waals surface area contributed by atoms with E-state index >= 15 is 0 Å². The maximum Gasteiger partial charge on any atom is 0.281 e. The summed E-state index contributed by atoms with van der Waals surface area (Å²) in [4.78, 5) is 12.5. The smallest absolute Gasteiger partial charge is 0.281 e. The number of hydrogen-bond donors (Lipinski definition) is 1. The van der Waals surface area contributed by atoms with Gasteiger partial charge in [0.05, 0.1) is 11.1 Å². The van der Waals surface area contributed by atoms with Gasteiger partial charge in [-0.05, 0) is 12.3 Å². The Kier molecular flexibility index (Phi) is 5.36. The SMILES string of the molecule is CNC(=O)C1(Cc2cc(C(C)C)no2)CCN(S(=O)(=O)N(C)C)C1. The Morgan fingerprint density at radius 3 is 2.67 bits per heavy atom. The van der Waals surface area contributed by atoms with E-state index in [2.05, 4.69) is 10.5 Å². The van der Waals surface area contributed by atoms with E-state index < -0.39 is 15.6 Å². The minimum absolute atomic E-state index is 0.130. The lowest BCUT2D eigenvalue weighted by Gasteiger charge is -2.27. The highest BCUT2D eigenvalue weighted by atomic mass is 32.2. The van der Waals surface area contributed by atoms with Crippen LogP contribution in [0.3, 0.4) is 0 Å². The van der Waals surface area contributed by atoms with E-state index in [1.54, 1.807) is 7.05 Å². The lowest BCUT2D eigenvalue weighted by Crippen LogP contribution is -2.45. The Morgan fingerprint density at radius 1 is 1.50 bits per heavy atom. The van der Waals surface area contributed by atoms with Crippen molar-refractivity contribution in [1.82, 2.24) is 19.1 Å². The maximum atomic E-state index is 12.5. The molecule has 0 aromatic carbocycles. The second kappa shape index (κ2) is 6.81. The van der Waals surface area contributed by atoms with E-state index in [-0.39, 0.29) is 18.4 Å². The summed E-state index contributed by atoms with van der Waals surface area (Å²) in [6.07, 6.45) is 0.767. The van der Waals surface area contributed by atoms with Crippen molar-refractivity contribution in [2.75, 3.05) is 34.2 Å². The highest BCUT2D eigenvalue weighted by molar-refractivity contribution is 7.86. The maximum absolute atomic E-state index is 12.5. The first-order valence-corrected chi connectivity index (χ1v) is 9.37. The molecule has 1 saturated heterocycles. The van der Waals surface area contributed by atoms with Gasteiger partial charge in [-0.3, -0.25) is 4.79 Å². The zero-order valence-corrected chi connectivity index (χ0v) is 15.7. The van der Waals surface area contributed by atoms with Gasteiger partial charge >= 0.3 is 0 Å². The first kappa shape index (κ1) is 18.9. The van der Waals surface area contributed by atoms with Crippen LogP contribution < -0.4 is 5.32 Å². The normalized spacial score (nSPS) is 22.5. The molecule has 0 spiro atoms. The largest absolute Gasteiger partial charge is 0.361 e. The molecule has 0 radical (unpaired) electrons. The quantitative estimate of drug-likeness (QED) is 0.803. The Hall–Kier alpha value is -1.45. The van der Waals surface area contributed by atoms with Gasteiger partial charge < -0.3 is 9.84 Å². The lowest BCUT2D eigenvalue weighted by molar-refractivity contribution is -0.130. The molecule has 1 amide bonds. The summed E-state index contributed by atoms with van der Waals surface area (Å²) in [5.74, 6) is 0.653. The van der Waals surface area contributed by atoms with E-state index in [0.29, 0.717) is 25.1 Å². The number of carbonyl (C=O) groups is 1. The van der Waals surface area contributed by atoms with Crippen molar-refractivity contribution in [3.8, 4) is 0 Å². The molecule has 1 aliphatic heterocycles. The monoisotopic (exact) mass is 358 g/mol. The highest BCUT2D eigenvalue weighted by Gasteiger charge is 2.48. The number of rotatable bonds is 6. The molecule has 8 nitrogen and oxygen atoms in total. The van der Waals surface area contributed by atoms with Gasteiger partial charge in [-0.15, -0.1) is 0 Å². The predicted octanol–water partition coefficient (Wildman–Crippen LogP) is 0.585. The molecule has 24 heavy (non-hydrogen) atoms. The predicted molar refractivity (Wildman–Crippen MR) is 89.6 cm³/mol. The van der Waals surface area contributed by atoms with Crippen molar-refractivity contribution in [1.29, 1.82) is 0 Å². The van der Waals surface area contributed by atoms with Crippen LogP contribution in [0.5, 0.6) is 0 Å². The summed E-state index contributed by atoms with van der Waals surface area (Å²) in [6.45, 7) is 4.46. The van der Waals surface area contributed by atoms with Crippen molar-refractivity contribution in [2.45, 2.75) is 32.6 Å². The standard InChI is InChI=1S/C15H26N4O4S/c1-11(2)13-8-12(23-17-13)9-15(14(20)16-3)6-7-19(10-15)24(21,22)18(4)5/h8,11H,6-7,9-10H2,1-5H3,(H,16,20). The Bertz CT molecular complexity index is 698. The third kappa shape index (κ3) is 3.47. The van der Waals surface area contributed by atoms with Crippen LogP contribution in [0.1, 0.15) is 37.6 Å². The van der Waals surface area contributed by atoms with Crippen LogP contribution >= 0.6 is 0 Å². The molecule has 1 atom stereocenters. The average molecular weight is 358 g/mol. The van der Waals surface area contributed by atoms with E-state index in [1.165, 1.54) is 18.4 Å². The van der Waals surface area contributed by atoms with Gasteiger partial charge in [-0.25, -0.2) is 0 Å². The Morgan fingerprint density at radius 2 is 2.17 bits per heavy atom. The van der Waals surface area contributed by atoms with Crippen LogP contribution in [0.25, 0.3) is 0 Å². The number of nitrogens with one attached hydrogen (secondary N) is 1. The molecule has 1 fully saturated rings. The number of carbonyl (C=O) groups excluding carboxylic acids is 1. The topological polar surface area (TPSA) is 95.7 Å². The minimum atomic E-state index is -3.55. The molecule has 9 heteroatoms. The first-order valence-electron chi connectivity index (χ1n) is 7.97. The second-order valence-corrected chi connectivity index (χ2v) is 8.93. The number of nitrogens with zero attached hydrogens (tertiary/aromatic N) is 3. The van der Waals surface area contributed by atoms with Gasteiger partial charge in [0.2, 0.25) is 5.91 Å². The molecule has 2 rings (SSSR count). The van der Waals surface area contributed by atoms with Crippen LogP contribution in [0.2, 0.25) is 0 Å². The number of amides is 1. The van der Waals surface area contributed by atoms with Crippen molar-refractivity contribution >= 4 is 16.1 Å². The highest BCUT2D eigenvalue weighted by Crippen LogP contribution is 2.36. The molecular weight excluding hydrogens is 332 g/mol. The van der Waals surface area contributed by atoms with Gasteiger partial charge in [0, 0.05) is 46.7 Å². The number of hydrogen-bond acceptors (Lipinski definition) is 5. The summed E-state index contributed by atoms with van der Waals surface area (Å²) in [5.41, 5.74) is -0.0150. The fourth-order valence-electron chi connectivity index (χ4n) is 2.96. The Labute approximate surface area is 143 Å².